The molecular weight excluding hydrogens is 406 g/mol. The molecule has 5 rings (SSSR count). The molecule has 0 spiro atoms. The van der Waals surface area contributed by atoms with Gasteiger partial charge in [0.1, 0.15) is 16.6 Å². The van der Waals surface area contributed by atoms with Crippen LogP contribution in [0, 0.1) is 18.3 Å². The minimum absolute atomic E-state index is 0.532. The Morgan fingerprint density at radius 2 is 1.97 bits per heavy atom. The predicted octanol–water partition coefficient (Wildman–Crippen LogP) is 4.36. The monoisotopic (exact) mass is 429 g/mol. The minimum Gasteiger partial charge on any atom is -0.369 e. The Labute approximate surface area is 185 Å². The second kappa shape index (κ2) is 8.02. The average Bonchev–Trinajstić information content (AvgIpc) is 3.40. The van der Waals surface area contributed by atoms with Gasteiger partial charge in [0.25, 0.3) is 0 Å². The van der Waals surface area contributed by atoms with E-state index in [0.717, 1.165) is 59.0 Å². The fourth-order valence-electron chi connectivity index (χ4n) is 3.87. The van der Waals surface area contributed by atoms with Gasteiger partial charge >= 0.3 is 0 Å². The van der Waals surface area contributed by atoms with Crippen LogP contribution in [0.25, 0.3) is 21.6 Å². The van der Waals surface area contributed by atoms with Gasteiger partial charge in [-0.3, -0.25) is 0 Å². The van der Waals surface area contributed by atoms with E-state index in [4.69, 9.17) is 4.98 Å². The lowest BCUT2D eigenvalue weighted by Crippen LogP contribution is -2.44. The van der Waals surface area contributed by atoms with Crippen LogP contribution < -0.4 is 10.2 Å². The SMILES string of the molecule is Cc1cc(-c2nc(Nc3cccc(N4CCN(C)CC4)c3)nc3[nH]ccc23)sc1C#N. The lowest BCUT2D eigenvalue weighted by atomic mass is 10.2. The number of nitriles is 1. The van der Waals surface area contributed by atoms with Gasteiger partial charge in [-0.1, -0.05) is 6.07 Å². The molecule has 7 nitrogen and oxygen atoms in total. The van der Waals surface area contributed by atoms with Crippen LogP contribution in [0.15, 0.2) is 42.6 Å². The molecule has 8 heteroatoms. The van der Waals surface area contributed by atoms with E-state index in [1.54, 1.807) is 0 Å². The highest BCUT2D eigenvalue weighted by molar-refractivity contribution is 7.16. The normalized spacial score (nSPS) is 14.7. The summed E-state index contributed by atoms with van der Waals surface area (Å²) in [5.41, 5.74) is 4.73. The third-order valence-electron chi connectivity index (χ3n) is 5.64. The first-order valence-electron chi connectivity index (χ1n) is 10.3. The molecule has 156 valence electrons. The van der Waals surface area contributed by atoms with Gasteiger partial charge in [-0.05, 0) is 49.9 Å². The minimum atomic E-state index is 0.532. The van der Waals surface area contributed by atoms with Crippen molar-refractivity contribution in [3.63, 3.8) is 0 Å². The molecule has 1 aliphatic rings. The van der Waals surface area contributed by atoms with Crippen molar-refractivity contribution in [2.75, 3.05) is 43.4 Å². The third kappa shape index (κ3) is 3.85. The van der Waals surface area contributed by atoms with Gasteiger partial charge in [0.2, 0.25) is 5.95 Å². The highest BCUT2D eigenvalue weighted by Crippen LogP contribution is 2.34. The summed E-state index contributed by atoms with van der Waals surface area (Å²) in [5, 5.41) is 13.7. The summed E-state index contributed by atoms with van der Waals surface area (Å²) in [6, 6.07) is 14.7. The van der Waals surface area contributed by atoms with Crippen LogP contribution >= 0.6 is 11.3 Å². The van der Waals surface area contributed by atoms with E-state index in [1.165, 1.54) is 17.0 Å². The second-order valence-corrected chi connectivity index (χ2v) is 8.89. The number of likely N-dealkylation sites (N-methyl/N-ethyl adjacent to an activating group) is 1. The van der Waals surface area contributed by atoms with Gasteiger partial charge in [-0.15, -0.1) is 11.3 Å². The number of thiophene rings is 1. The fraction of sp³-hybridized carbons (Fsp3) is 0.261. The topological polar surface area (TPSA) is 83.9 Å². The molecule has 1 aromatic carbocycles. The van der Waals surface area contributed by atoms with Crippen molar-refractivity contribution in [3.05, 3.63) is 53.0 Å². The second-order valence-electron chi connectivity index (χ2n) is 7.84. The average molecular weight is 430 g/mol. The number of rotatable bonds is 4. The van der Waals surface area contributed by atoms with E-state index in [9.17, 15) is 5.26 Å². The van der Waals surface area contributed by atoms with Gasteiger partial charge < -0.3 is 20.1 Å². The Morgan fingerprint density at radius 1 is 1.13 bits per heavy atom. The maximum absolute atomic E-state index is 9.35. The summed E-state index contributed by atoms with van der Waals surface area (Å²) in [4.78, 5) is 19.1. The number of aromatic amines is 1. The first-order chi connectivity index (χ1) is 15.1. The summed E-state index contributed by atoms with van der Waals surface area (Å²) < 4.78 is 0. The molecule has 4 heterocycles. The van der Waals surface area contributed by atoms with E-state index in [-0.39, 0.29) is 0 Å². The molecular formula is C23H23N7S. The molecule has 0 radical (unpaired) electrons. The highest BCUT2D eigenvalue weighted by atomic mass is 32.1. The van der Waals surface area contributed by atoms with Gasteiger partial charge in [0.05, 0.1) is 10.6 Å². The quantitative estimate of drug-likeness (QED) is 0.501. The number of hydrogen-bond acceptors (Lipinski definition) is 7. The Hall–Kier alpha value is -3.41. The largest absolute Gasteiger partial charge is 0.369 e. The number of nitrogens with one attached hydrogen (secondary N) is 2. The van der Waals surface area contributed by atoms with Crippen molar-refractivity contribution in [2.45, 2.75) is 6.92 Å². The summed E-state index contributed by atoms with van der Waals surface area (Å²) in [7, 11) is 2.16. The van der Waals surface area contributed by atoms with Crippen LogP contribution in [-0.2, 0) is 0 Å². The number of aryl methyl sites for hydroxylation is 1. The number of piperazine rings is 1. The number of benzene rings is 1. The summed E-state index contributed by atoms with van der Waals surface area (Å²) >= 11 is 1.46. The fourth-order valence-corrected chi connectivity index (χ4v) is 4.84. The number of nitrogens with zero attached hydrogens (tertiary/aromatic N) is 5. The van der Waals surface area contributed by atoms with E-state index < -0.39 is 0 Å². The van der Waals surface area contributed by atoms with Crippen LogP contribution in [0.1, 0.15) is 10.4 Å². The lowest BCUT2D eigenvalue weighted by molar-refractivity contribution is 0.313. The molecule has 0 bridgehead atoms. The van der Waals surface area contributed by atoms with E-state index in [0.29, 0.717) is 10.8 Å². The van der Waals surface area contributed by atoms with Gasteiger partial charge in [-0.25, -0.2) is 4.98 Å². The molecule has 0 amide bonds. The molecule has 4 aromatic rings. The van der Waals surface area contributed by atoms with Crippen molar-refractivity contribution >= 4 is 39.7 Å². The lowest BCUT2D eigenvalue weighted by Gasteiger charge is -2.34. The molecule has 3 aromatic heterocycles. The number of aromatic nitrogens is 3. The van der Waals surface area contributed by atoms with E-state index in [1.807, 2.05) is 31.3 Å². The summed E-state index contributed by atoms with van der Waals surface area (Å²) in [6.45, 7) is 6.14. The molecule has 1 aliphatic heterocycles. The van der Waals surface area contributed by atoms with Crippen LogP contribution in [0.2, 0.25) is 0 Å². The van der Waals surface area contributed by atoms with Gasteiger partial charge in [0.15, 0.2) is 0 Å². The summed E-state index contributed by atoms with van der Waals surface area (Å²) in [5.74, 6) is 0.532. The van der Waals surface area contributed by atoms with Crippen molar-refractivity contribution in [1.29, 1.82) is 5.26 Å². The van der Waals surface area contributed by atoms with Crippen LogP contribution in [-0.4, -0.2) is 53.1 Å². The first kappa shape index (κ1) is 19.5. The van der Waals surface area contributed by atoms with Gasteiger partial charge in [-0.2, -0.15) is 10.2 Å². The van der Waals surface area contributed by atoms with Crippen molar-refractivity contribution < 1.29 is 0 Å². The maximum Gasteiger partial charge on any atom is 0.229 e. The number of hydrogen-bond donors (Lipinski definition) is 2. The predicted molar refractivity (Wildman–Crippen MR) is 126 cm³/mol. The molecule has 2 N–H and O–H groups in total. The Kier molecular flexibility index (Phi) is 5.06. The molecule has 1 fully saturated rings. The van der Waals surface area contributed by atoms with Crippen LogP contribution in [0.4, 0.5) is 17.3 Å². The summed E-state index contributed by atoms with van der Waals surface area (Å²) in [6.07, 6.45) is 1.87. The van der Waals surface area contributed by atoms with Crippen LogP contribution in [0.5, 0.6) is 0 Å². The number of anilines is 3. The molecule has 0 atom stereocenters. The molecule has 0 aliphatic carbocycles. The Morgan fingerprint density at radius 3 is 2.74 bits per heavy atom. The zero-order chi connectivity index (χ0) is 21.4. The van der Waals surface area contributed by atoms with E-state index >= 15 is 0 Å². The highest BCUT2D eigenvalue weighted by Gasteiger charge is 2.17. The molecule has 1 saturated heterocycles. The smallest absolute Gasteiger partial charge is 0.229 e. The maximum atomic E-state index is 9.35. The van der Waals surface area contributed by atoms with Crippen molar-refractivity contribution in [3.8, 4) is 16.6 Å². The molecule has 0 unspecified atom stereocenters. The zero-order valence-electron chi connectivity index (χ0n) is 17.5. The number of fused-ring (bicyclic) bond motifs is 1. The van der Waals surface area contributed by atoms with E-state index in [2.05, 4.69) is 56.4 Å². The third-order valence-corrected chi connectivity index (χ3v) is 6.79. The molecule has 31 heavy (non-hydrogen) atoms. The first-order valence-corrected chi connectivity index (χ1v) is 11.1. The van der Waals surface area contributed by atoms with Crippen molar-refractivity contribution in [2.24, 2.45) is 0 Å². The Bertz CT molecular complexity index is 1270. The van der Waals surface area contributed by atoms with Gasteiger partial charge in [0, 0.05) is 49.1 Å². The zero-order valence-corrected chi connectivity index (χ0v) is 18.3. The Balaban J connectivity index is 1.47. The standard InChI is InChI=1S/C23H23N7S/c1-15-12-19(31-20(15)14-24)21-18-6-7-25-22(18)28-23(27-21)26-16-4-3-5-17(13-16)30-10-8-29(2)9-11-30/h3-7,12-13H,8-11H2,1-2H3,(H2,25,26,27,28). The van der Waals surface area contributed by atoms with Crippen molar-refractivity contribution in [1.82, 2.24) is 19.9 Å². The number of H-pyrrole nitrogens is 1. The molecule has 0 saturated carbocycles. The van der Waals surface area contributed by atoms with Crippen LogP contribution in [0.3, 0.4) is 0 Å².